The van der Waals surface area contributed by atoms with Gasteiger partial charge in [-0.05, 0) is 63.0 Å². The third-order valence-corrected chi connectivity index (χ3v) is 4.55. The zero-order valence-corrected chi connectivity index (χ0v) is 14.1. The van der Waals surface area contributed by atoms with Gasteiger partial charge in [0, 0.05) is 6.04 Å². The lowest BCUT2D eigenvalue weighted by atomic mass is 10.0. The molecular formula is C19H32N2O. The summed E-state index contributed by atoms with van der Waals surface area (Å²) in [6.45, 7) is 6.23. The van der Waals surface area contributed by atoms with E-state index in [9.17, 15) is 0 Å². The number of hydrogen-bond acceptors (Lipinski definition) is 3. The summed E-state index contributed by atoms with van der Waals surface area (Å²) < 4.78 is 5.83. The number of rotatable bonds is 10. The minimum absolute atomic E-state index is 0.478. The summed E-state index contributed by atoms with van der Waals surface area (Å²) in [6, 6.07) is 9.16. The third kappa shape index (κ3) is 5.29. The summed E-state index contributed by atoms with van der Waals surface area (Å²) in [5.41, 5.74) is 7.20. The van der Waals surface area contributed by atoms with E-state index in [1.807, 2.05) is 0 Å². The van der Waals surface area contributed by atoms with Gasteiger partial charge in [-0.2, -0.15) is 0 Å². The second-order valence-corrected chi connectivity index (χ2v) is 6.31. The van der Waals surface area contributed by atoms with Crippen LogP contribution in [0.25, 0.3) is 0 Å². The fraction of sp³-hybridized carbons (Fsp3) is 0.684. The van der Waals surface area contributed by atoms with Gasteiger partial charge in [0.2, 0.25) is 0 Å². The monoisotopic (exact) mass is 304 g/mol. The number of nitrogens with zero attached hydrogens (tertiary/aromatic N) is 1. The lowest BCUT2D eigenvalue weighted by molar-refractivity contribution is 0.235. The molecule has 1 saturated heterocycles. The topological polar surface area (TPSA) is 38.5 Å². The molecule has 0 amide bonds. The Bertz CT molecular complexity index is 398. The lowest BCUT2D eigenvalue weighted by Gasteiger charge is -2.27. The minimum atomic E-state index is 0.478. The maximum atomic E-state index is 5.83. The summed E-state index contributed by atoms with van der Waals surface area (Å²) in [7, 11) is 0. The molecule has 3 heteroatoms. The van der Waals surface area contributed by atoms with E-state index in [4.69, 9.17) is 10.5 Å². The highest BCUT2D eigenvalue weighted by atomic mass is 16.5. The number of hydrogen-bond donors (Lipinski definition) is 1. The lowest BCUT2D eigenvalue weighted by Crippen LogP contribution is -2.27. The van der Waals surface area contributed by atoms with Crippen molar-refractivity contribution in [3.63, 3.8) is 0 Å². The van der Waals surface area contributed by atoms with Crippen molar-refractivity contribution in [3.05, 3.63) is 29.8 Å². The summed E-state index contributed by atoms with van der Waals surface area (Å²) in [6.07, 6.45) is 8.67. The van der Waals surface area contributed by atoms with Crippen molar-refractivity contribution >= 4 is 0 Å². The molecule has 0 aliphatic carbocycles. The molecule has 1 aliphatic rings. The first-order valence-electron chi connectivity index (χ1n) is 9.02. The van der Waals surface area contributed by atoms with Gasteiger partial charge in [-0.25, -0.2) is 0 Å². The average Bonchev–Trinajstić information content (AvgIpc) is 3.07. The van der Waals surface area contributed by atoms with Gasteiger partial charge < -0.3 is 10.5 Å². The predicted octanol–water partition coefficient (Wildman–Crippen LogP) is 4.13. The van der Waals surface area contributed by atoms with E-state index in [2.05, 4.69) is 36.1 Å². The molecule has 1 aromatic rings. The minimum Gasteiger partial charge on any atom is -0.494 e. The maximum absolute atomic E-state index is 5.83. The van der Waals surface area contributed by atoms with Gasteiger partial charge in [-0.1, -0.05) is 38.3 Å². The van der Waals surface area contributed by atoms with Crippen LogP contribution in [0.5, 0.6) is 5.75 Å². The largest absolute Gasteiger partial charge is 0.494 e. The Kier molecular flexibility index (Phi) is 7.75. The third-order valence-electron chi connectivity index (χ3n) is 4.55. The van der Waals surface area contributed by atoms with Crippen molar-refractivity contribution in [2.24, 2.45) is 5.73 Å². The van der Waals surface area contributed by atoms with Gasteiger partial charge in [-0.3, -0.25) is 4.90 Å². The molecular weight excluding hydrogens is 272 g/mol. The van der Waals surface area contributed by atoms with Crippen LogP contribution in [-0.2, 0) is 0 Å². The molecule has 0 saturated carbocycles. The number of benzene rings is 1. The fourth-order valence-electron chi connectivity index (χ4n) is 3.28. The van der Waals surface area contributed by atoms with Crippen molar-refractivity contribution < 1.29 is 4.74 Å². The van der Waals surface area contributed by atoms with Crippen LogP contribution >= 0.6 is 0 Å². The number of ether oxygens (including phenoxy) is 1. The zero-order chi connectivity index (χ0) is 15.6. The highest BCUT2D eigenvalue weighted by Gasteiger charge is 2.22. The normalized spacial score (nSPS) is 16.8. The van der Waals surface area contributed by atoms with Crippen LogP contribution in [0.15, 0.2) is 24.3 Å². The molecule has 124 valence electrons. The molecule has 1 aliphatic heterocycles. The smallest absolute Gasteiger partial charge is 0.119 e. The summed E-state index contributed by atoms with van der Waals surface area (Å²) in [4.78, 5) is 2.58. The molecule has 1 fully saturated rings. The fourth-order valence-corrected chi connectivity index (χ4v) is 3.28. The van der Waals surface area contributed by atoms with Crippen LogP contribution in [-0.4, -0.2) is 31.1 Å². The second kappa shape index (κ2) is 9.86. The van der Waals surface area contributed by atoms with Crippen molar-refractivity contribution in [1.29, 1.82) is 0 Å². The molecule has 3 nitrogen and oxygen atoms in total. The van der Waals surface area contributed by atoms with Gasteiger partial charge >= 0.3 is 0 Å². The van der Waals surface area contributed by atoms with E-state index in [0.29, 0.717) is 6.04 Å². The first-order chi connectivity index (χ1) is 10.8. The van der Waals surface area contributed by atoms with Gasteiger partial charge in [0.1, 0.15) is 5.75 Å². The molecule has 2 N–H and O–H groups in total. The Hall–Kier alpha value is -1.06. The Morgan fingerprint density at radius 1 is 1.09 bits per heavy atom. The highest BCUT2D eigenvalue weighted by molar-refractivity contribution is 5.29. The Morgan fingerprint density at radius 2 is 1.82 bits per heavy atom. The first kappa shape index (κ1) is 17.3. The summed E-state index contributed by atoms with van der Waals surface area (Å²) in [5, 5.41) is 0. The molecule has 2 rings (SSSR count). The molecule has 0 aromatic heterocycles. The molecule has 1 heterocycles. The zero-order valence-electron chi connectivity index (χ0n) is 14.1. The van der Waals surface area contributed by atoms with Gasteiger partial charge in [0.05, 0.1) is 6.61 Å². The molecule has 1 atom stereocenters. The van der Waals surface area contributed by atoms with E-state index >= 15 is 0 Å². The summed E-state index contributed by atoms with van der Waals surface area (Å²) in [5.74, 6) is 0.994. The molecule has 0 bridgehead atoms. The van der Waals surface area contributed by atoms with Gasteiger partial charge in [-0.15, -0.1) is 0 Å². The Balaban J connectivity index is 1.85. The first-order valence-corrected chi connectivity index (χ1v) is 9.02. The van der Waals surface area contributed by atoms with Gasteiger partial charge in [0.15, 0.2) is 0 Å². The molecule has 0 radical (unpaired) electrons. The van der Waals surface area contributed by atoms with Crippen molar-refractivity contribution in [2.45, 2.75) is 57.9 Å². The quantitative estimate of drug-likeness (QED) is 0.660. The average molecular weight is 304 g/mol. The Morgan fingerprint density at radius 3 is 2.45 bits per heavy atom. The number of likely N-dealkylation sites (tertiary alicyclic amines) is 1. The van der Waals surface area contributed by atoms with E-state index in [0.717, 1.165) is 31.7 Å². The van der Waals surface area contributed by atoms with Crippen molar-refractivity contribution in [1.82, 2.24) is 4.90 Å². The van der Waals surface area contributed by atoms with E-state index in [-0.39, 0.29) is 0 Å². The summed E-state index contributed by atoms with van der Waals surface area (Å²) >= 11 is 0. The van der Waals surface area contributed by atoms with Crippen molar-refractivity contribution in [3.8, 4) is 5.75 Å². The van der Waals surface area contributed by atoms with Crippen molar-refractivity contribution in [2.75, 3.05) is 26.2 Å². The Labute approximate surface area is 135 Å². The molecule has 1 unspecified atom stereocenters. The SMILES string of the molecule is CCCCCCOc1ccc(C(CCN)N2CCCC2)cc1. The van der Waals surface area contributed by atoms with E-state index in [1.54, 1.807) is 0 Å². The van der Waals surface area contributed by atoms with Gasteiger partial charge in [0.25, 0.3) is 0 Å². The van der Waals surface area contributed by atoms with Crippen LogP contribution in [0, 0.1) is 0 Å². The predicted molar refractivity (Wildman–Crippen MR) is 93.3 cm³/mol. The number of nitrogens with two attached hydrogens (primary N) is 1. The second-order valence-electron chi connectivity index (χ2n) is 6.31. The molecule has 22 heavy (non-hydrogen) atoms. The standard InChI is InChI=1S/C19H32N2O/c1-2-3-4-7-16-22-18-10-8-17(9-11-18)19(12-13-20)21-14-5-6-15-21/h8-11,19H,2-7,12-16,20H2,1H3. The van der Waals surface area contributed by atoms with Crippen LogP contribution in [0.2, 0.25) is 0 Å². The maximum Gasteiger partial charge on any atom is 0.119 e. The van der Waals surface area contributed by atoms with E-state index in [1.165, 1.54) is 50.8 Å². The number of unbranched alkanes of at least 4 members (excludes halogenated alkanes) is 3. The molecule has 0 spiro atoms. The van der Waals surface area contributed by atoms with Crippen LogP contribution in [0.4, 0.5) is 0 Å². The van der Waals surface area contributed by atoms with E-state index < -0.39 is 0 Å². The highest BCUT2D eigenvalue weighted by Crippen LogP contribution is 2.28. The van der Waals surface area contributed by atoms with Crippen LogP contribution in [0.1, 0.15) is 63.5 Å². The molecule has 1 aromatic carbocycles. The van der Waals surface area contributed by atoms with Crippen LogP contribution in [0.3, 0.4) is 0 Å². The van der Waals surface area contributed by atoms with Crippen LogP contribution < -0.4 is 10.5 Å².